The van der Waals surface area contributed by atoms with E-state index in [0.29, 0.717) is 6.61 Å². The largest absolute Gasteiger partial charge is 0.303 e. The van der Waals surface area contributed by atoms with Crippen LogP contribution in [0.1, 0.15) is 19.3 Å². The highest BCUT2D eigenvalue weighted by atomic mass is 16.6. The molecule has 2 fully saturated rings. The van der Waals surface area contributed by atoms with E-state index in [2.05, 4.69) is 9.74 Å². The zero-order valence-corrected chi connectivity index (χ0v) is 7.54. The van der Waals surface area contributed by atoms with Crippen LogP contribution in [0.2, 0.25) is 0 Å². The molecule has 1 aliphatic carbocycles. The van der Waals surface area contributed by atoms with Crippen LogP contribution in [0.3, 0.4) is 0 Å². The summed E-state index contributed by atoms with van der Waals surface area (Å²) in [6.45, 7) is 4.27. The predicted molar refractivity (Wildman–Crippen MR) is 47.4 cm³/mol. The first kappa shape index (κ1) is 8.48. The summed E-state index contributed by atoms with van der Waals surface area (Å²) in [7, 11) is 0. The quantitative estimate of drug-likeness (QED) is 0.631. The molecule has 2 N–H and O–H groups in total. The molecule has 1 saturated carbocycles. The van der Waals surface area contributed by atoms with Crippen LogP contribution in [0.5, 0.6) is 0 Å². The second-order valence-electron chi connectivity index (χ2n) is 4.08. The summed E-state index contributed by atoms with van der Waals surface area (Å²) in [6.07, 6.45) is 4.35. The van der Waals surface area contributed by atoms with Gasteiger partial charge in [-0.25, -0.2) is 5.90 Å². The number of likely N-dealkylation sites (tertiary alicyclic amines) is 1. The van der Waals surface area contributed by atoms with Crippen molar-refractivity contribution in [1.82, 2.24) is 4.90 Å². The van der Waals surface area contributed by atoms with Gasteiger partial charge in [-0.2, -0.15) is 0 Å². The SMILES string of the molecule is NOCCN1CC2CCCC2C1. The van der Waals surface area contributed by atoms with Crippen molar-refractivity contribution in [2.75, 3.05) is 26.2 Å². The van der Waals surface area contributed by atoms with Crippen molar-refractivity contribution in [3.63, 3.8) is 0 Å². The summed E-state index contributed by atoms with van der Waals surface area (Å²) in [6, 6.07) is 0. The van der Waals surface area contributed by atoms with Gasteiger partial charge in [0.1, 0.15) is 0 Å². The van der Waals surface area contributed by atoms with Crippen LogP contribution in [-0.2, 0) is 4.84 Å². The Kier molecular flexibility index (Phi) is 2.63. The highest BCUT2D eigenvalue weighted by molar-refractivity contribution is 4.88. The normalized spacial score (nSPS) is 35.8. The lowest BCUT2D eigenvalue weighted by molar-refractivity contribution is 0.111. The maximum Gasteiger partial charge on any atom is 0.0806 e. The van der Waals surface area contributed by atoms with E-state index in [1.807, 2.05) is 0 Å². The molecule has 2 rings (SSSR count). The molecule has 70 valence electrons. The summed E-state index contributed by atoms with van der Waals surface area (Å²) < 4.78 is 0. The Bertz CT molecular complexity index is 139. The first-order valence-electron chi connectivity index (χ1n) is 4.94. The van der Waals surface area contributed by atoms with Gasteiger partial charge in [-0.15, -0.1) is 0 Å². The molecule has 0 aromatic carbocycles. The minimum absolute atomic E-state index is 0.680. The van der Waals surface area contributed by atoms with Gasteiger partial charge >= 0.3 is 0 Å². The van der Waals surface area contributed by atoms with Crippen molar-refractivity contribution >= 4 is 0 Å². The maximum absolute atomic E-state index is 5.00. The van der Waals surface area contributed by atoms with Crippen LogP contribution in [-0.4, -0.2) is 31.1 Å². The van der Waals surface area contributed by atoms with Crippen LogP contribution >= 0.6 is 0 Å². The Morgan fingerprint density at radius 2 is 1.92 bits per heavy atom. The lowest BCUT2D eigenvalue weighted by Crippen LogP contribution is -2.26. The fourth-order valence-corrected chi connectivity index (χ4v) is 2.70. The summed E-state index contributed by atoms with van der Waals surface area (Å²) >= 11 is 0. The van der Waals surface area contributed by atoms with Gasteiger partial charge < -0.3 is 9.74 Å². The van der Waals surface area contributed by atoms with Crippen LogP contribution in [0, 0.1) is 11.8 Å². The molecular formula is C9H18N2O. The molecule has 2 aliphatic rings. The Labute approximate surface area is 73.8 Å². The van der Waals surface area contributed by atoms with E-state index in [4.69, 9.17) is 5.90 Å². The van der Waals surface area contributed by atoms with Gasteiger partial charge in [0, 0.05) is 19.6 Å². The van der Waals surface area contributed by atoms with Crippen molar-refractivity contribution in [1.29, 1.82) is 0 Å². The fourth-order valence-electron chi connectivity index (χ4n) is 2.70. The number of rotatable bonds is 3. The van der Waals surface area contributed by atoms with Crippen LogP contribution < -0.4 is 5.90 Å². The number of hydrogen-bond donors (Lipinski definition) is 1. The molecule has 0 amide bonds. The molecule has 0 aromatic heterocycles. The molecule has 0 bridgehead atoms. The summed E-state index contributed by atoms with van der Waals surface area (Å²) in [5, 5.41) is 0. The predicted octanol–water partition coefficient (Wildman–Crippen LogP) is 0.609. The third-order valence-electron chi connectivity index (χ3n) is 3.33. The average molecular weight is 170 g/mol. The van der Waals surface area contributed by atoms with Crippen molar-refractivity contribution in [2.24, 2.45) is 17.7 Å². The van der Waals surface area contributed by atoms with E-state index in [1.165, 1.54) is 32.4 Å². The monoisotopic (exact) mass is 170 g/mol. The van der Waals surface area contributed by atoms with E-state index in [-0.39, 0.29) is 0 Å². The summed E-state index contributed by atoms with van der Waals surface area (Å²) in [4.78, 5) is 7.07. The van der Waals surface area contributed by atoms with Crippen molar-refractivity contribution in [3.05, 3.63) is 0 Å². The number of hydrogen-bond acceptors (Lipinski definition) is 3. The molecule has 0 spiro atoms. The average Bonchev–Trinajstić information content (AvgIpc) is 2.58. The first-order chi connectivity index (χ1) is 5.90. The van der Waals surface area contributed by atoms with Crippen LogP contribution in [0.25, 0.3) is 0 Å². The van der Waals surface area contributed by atoms with Crippen molar-refractivity contribution in [3.8, 4) is 0 Å². The van der Waals surface area contributed by atoms with Gasteiger partial charge in [0.25, 0.3) is 0 Å². The fraction of sp³-hybridized carbons (Fsp3) is 1.00. The standard InChI is InChI=1S/C9H18N2O/c10-12-5-4-11-6-8-2-1-3-9(8)7-11/h8-9H,1-7,10H2. The molecule has 3 heteroatoms. The number of nitrogens with two attached hydrogens (primary N) is 1. The molecule has 0 radical (unpaired) electrons. The maximum atomic E-state index is 5.00. The van der Waals surface area contributed by atoms with E-state index >= 15 is 0 Å². The first-order valence-corrected chi connectivity index (χ1v) is 4.94. The van der Waals surface area contributed by atoms with Crippen molar-refractivity contribution in [2.45, 2.75) is 19.3 Å². The van der Waals surface area contributed by atoms with Crippen LogP contribution in [0.4, 0.5) is 0 Å². The van der Waals surface area contributed by atoms with E-state index in [9.17, 15) is 0 Å². The Morgan fingerprint density at radius 3 is 2.50 bits per heavy atom. The summed E-state index contributed by atoms with van der Waals surface area (Å²) in [5.41, 5.74) is 0. The molecule has 0 aromatic rings. The Hall–Kier alpha value is -0.120. The lowest BCUT2D eigenvalue weighted by atomic mass is 10.0. The smallest absolute Gasteiger partial charge is 0.0806 e. The second-order valence-corrected chi connectivity index (χ2v) is 4.08. The molecule has 1 saturated heterocycles. The molecule has 3 nitrogen and oxygen atoms in total. The number of fused-ring (bicyclic) bond motifs is 1. The third-order valence-corrected chi connectivity index (χ3v) is 3.33. The Balaban J connectivity index is 1.75. The Morgan fingerprint density at radius 1 is 1.25 bits per heavy atom. The van der Waals surface area contributed by atoms with Crippen molar-refractivity contribution < 1.29 is 4.84 Å². The third kappa shape index (κ3) is 1.63. The highest BCUT2D eigenvalue weighted by Crippen LogP contribution is 2.37. The zero-order valence-electron chi connectivity index (χ0n) is 7.54. The van der Waals surface area contributed by atoms with E-state index in [0.717, 1.165) is 18.4 Å². The molecule has 12 heavy (non-hydrogen) atoms. The second kappa shape index (κ2) is 3.73. The van der Waals surface area contributed by atoms with Gasteiger partial charge in [0.2, 0.25) is 0 Å². The molecule has 2 atom stereocenters. The number of nitrogens with zero attached hydrogens (tertiary/aromatic N) is 1. The highest BCUT2D eigenvalue weighted by Gasteiger charge is 2.35. The minimum atomic E-state index is 0.680. The van der Waals surface area contributed by atoms with Gasteiger partial charge in [-0.3, -0.25) is 0 Å². The molecular weight excluding hydrogens is 152 g/mol. The van der Waals surface area contributed by atoms with Gasteiger partial charge in [-0.1, -0.05) is 6.42 Å². The van der Waals surface area contributed by atoms with Gasteiger partial charge in [0.15, 0.2) is 0 Å². The molecule has 1 heterocycles. The molecule has 1 aliphatic heterocycles. The zero-order chi connectivity index (χ0) is 8.39. The van der Waals surface area contributed by atoms with E-state index in [1.54, 1.807) is 0 Å². The molecule has 2 unspecified atom stereocenters. The van der Waals surface area contributed by atoms with Gasteiger partial charge in [0.05, 0.1) is 6.61 Å². The minimum Gasteiger partial charge on any atom is -0.303 e. The topological polar surface area (TPSA) is 38.5 Å². The van der Waals surface area contributed by atoms with Gasteiger partial charge in [-0.05, 0) is 24.7 Å². The van der Waals surface area contributed by atoms with E-state index < -0.39 is 0 Å². The lowest BCUT2D eigenvalue weighted by Gasteiger charge is -2.15. The van der Waals surface area contributed by atoms with Crippen LogP contribution in [0.15, 0.2) is 0 Å². The summed E-state index contributed by atoms with van der Waals surface area (Å²) in [5.74, 6) is 6.97.